The molecule has 0 aromatic heterocycles. The van der Waals surface area contributed by atoms with Crippen LogP contribution in [0.3, 0.4) is 0 Å². The second-order valence-corrected chi connectivity index (χ2v) is 6.29. The van der Waals surface area contributed by atoms with E-state index in [1.807, 2.05) is 49.4 Å². The van der Waals surface area contributed by atoms with Gasteiger partial charge in [-0.25, -0.2) is 4.79 Å². The van der Waals surface area contributed by atoms with Crippen molar-refractivity contribution in [1.29, 1.82) is 0 Å². The Kier molecular flexibility index (Phi) is 8.06. The smallest absolute Gasteiger partial charge is 0.407 e. The molecule has 0 saturated heterocycles. The van der Waals surface area contributed by atoms with Gasteiger partial charge in [0, 0.05) is 6.54 Å². The molecule has 0 spiro atoms. The number of alkyl carbamates (subject to hydrolysis) is 1. The second kappa shape index (κ2) is 10.3. The Morgan fingerprint density at radius 2 is 1.88 bits per heavy atom. The number of carbonyl (C=O) groups is 1. The summed E-state index contributed by atoms with van der Waals surface area (Å²) < 4.78 is 11.0. The summed E-state index contributed by atoms with van der Waals surface area (Å²) in [6.45, 7) is 2.96. The molecule has 0 bridgehead atoms. The Morgan fingerprint density at radius 3 is 2.60 bits per heavy atom. The maximum atomic E-state index is 11.9. The van der Waals surface area contributed by atoms with E-state index in [1.165, 1.54) is 0 Å². The standard InChI is InChI=1S/C19H21Cl2NO3/c1-2-16(13-24-12-15-9-6-10-17(20)18(15)21)25-19(23)22-11-14-7-4-3-5-8-14/h3-10,16H,2,11-13H2,1H3,(H,22,23). The summed E-state index contributed by atoms with van der Waals surface area (Å²) in [4.78, 5) is 11.9. The Balaban J connectivity index is 1.74. The number of hydrogen-bond donors (Lipinski definition) is 1. The molecule has 1 atom stereocenters. The van der Waals surface area contributed by atoms with Gasteiger partial charge in [0.15, 0.2) is 0 Å². The fourth-order valence-corrected chi connectivity index (χ4v) is 2.53. The first-order valence-corrected chi connectivity index (χ1v) is 8.84. The summed E-state index contributed by atoms with van der Waals surface area (Å²) in [5.41, 5.74) is 1.82. The molecule has 1 N–H and O–H groups in total. The molecule has 0 aliphatic heterocycles. The van der Waals surface area contributed by atoms with E-state index in [0.29, 0.717) is 29.6 Å². The molecule has 0 radical (unpaired) electrons. The molecule has 2 aromatic carbocycles. The number of hydrogen-bond acceptors (Lipinski definition) is 3. The molecular weight excluding hydrogens is 361 g/mol. The van der Waals surface area contributed by atoms with E-state index in [2.05, 4.69) is 5.32 Å². The number of halogens is 2. The van der Waals surface area contributed by atoms with Gasteiger partial charge in [0.25, 0.3) is 0 Å². The lowest BCUT2D eigenvalue weighted by atomic mass is 10.2. The van der Waals surface area contributed by atoms with Crippen LogP contribution >= 0.6 is 23.2 Å². The van der Waals surface area contributed by atoms with Crippen LogP contribution in [0.25, 0.3) is 0 Å². The summed E-state index contributed by atoms with van der Waals surface area (Å²) in [5.74, 6) is 0. The zero-order valence-corrected chi connectivity index (χ0v) is 15.5. The summed E-state index contributed by atoms with van der Waals surface area (Å²) >= 11 is 12.1. The first-order valence-electron chi connectivity index (χ1n) is 8.09. The molecule has 1 amide bonds. The third-order valence-electron chi connectivity index (χ3n) is 3.60. The maximum Gasteiger partial charge on any atom is 0.407 e. The Bertz CT molecular complexity index is 680. The Morgan fingerprint density at radius 1 is 1.12 bits per heavy atom. The van der Waals surface area contributed by atoms with Crippen LogP contribution < -0.4 is 5.32 Å². The fraction of sp³-hybridized carbons (Fsp3) is 0.316. The van der Waals surface area contributed by atoms with Crippen LogP contribution in [0.4, 0.5) is 4.79 Å². The normalized spacial score (nSPS) is 11.8. The fourth-order valence-electron chi connectivity index (χ4n) is 2.16. The number of amides is 1. The van der Waals surface area contributed by atoms with Gasteiger partial charge in [-0.3, -0.25) is 0 Å². The first kappa shape index (κ1) is 19.6. The first-order chi connectivity index (χ1) is 12.1. The SMILES string of the molecule is CCC(COCc1cccc(Cl)c1Cl)OC(=O)NCc1ccccc1. The van der Waals surface area contributed by atoms with Crippen molar-refractivity contribution in [1.82, 2.24) is 5.32 Å². The van der Waals surface area contributed by atoms with Gasteiger partial charge in [-0.1, -0.05) is 72.6 Å². The third-order valence-corrected chi connectivity index (χ3v) is 4.46. The van der Waals surface area contributed by atoms with Crippen LogP contribution in [-0.4, -0.2) is 18.8 Å². The van der Waals surface area contributed by atoms with Crippen molar-refractivity contribution in [3.63, 3.8) is 0 Å². The molecule has 0 saturated carbocycles. The van der Waals surface area contributed by atoms with Crippen molar-refractivity contribution in [2.75, 3.05) is 6.61 Å². The zero-order chi connectivity index (χ0) is 18.1. The van der Waals surface area contributed by atoms with Gasteiger partial charge in [0.1, 0.15) is 6.10 Å². The average Bonchev–Trinajstić information content (AvgIpc) is 2.63. The van der Waals surface area contributed by atoms with E-state index in [-0.39, 0.29) is 12.7 Å². The molecule has 0 fully saturated rings. The van der Waals surface area contributed by atoms with Crippen LogP contribution in [0, 0.1) is 0 Å². The van der Waals surface area contributed by atoms with E-state index >= 15 is 0 Å². The molecular formula is C19H21Cl2NO3. The lowest BCUT2D eigenvalue weighted by Crippen LogP contribution is -2.30. The van der Waals surface area contributed by atoms with Crippen molar-refractivity contribution in [3.05, 3.63) is 69.7 Å². The van der Waals surface area contributed by atoms with Gasteiger partial charge < -0.3 is 14.8 Å². The monoisotopic (exact) mass is 381 g/mol. The van der Waals surface area contributed by atoms with Crippen LogP contribution in [-0.2, 0) is 22.6 Å². The molecule has 25 heavy (non-hydrogen) atoms. The van der Waals surface area contributed by atoms with Gasteiger partial charge in [-0.05, 0) is 23.6 Å². The van der Waals surface area contributed by atoms with Crippen LogP contribution in [0.2, 0.25) is 10.0 Å². The highest BCUT2D eigenvalue weighted by atomic mass is 35.5. The predicted molar refractivity (Wildman–Crippen MR) is 100.0 cm³/mol. The molecule has 6 heteroatoms. The molecule has 2 aromatic rings. The summed E-state index contributed by atoms with van der Waals surface area (Å²) in [6, 6.07) is 15.0. The molecule has 0 aliphatic rings. The van der Waals surface area contributed by atoms with Crippen molar-refractivity contribution >= 4 is 29.3 Å². The summed E-state index contributed by atoms with van der Waals surface area (Å²) in [6.07, 6.45) is -0.129. The summed E-state index contributed by atoms with van der Waals surface area (Å²) in [5, 5.41) is 3.71. The molecule has 134 valence electrons. The van der Waals surface area contributed by atoms with Crippen molar-refractivity contribution in [2.24, 2.45) is 0 Å². The highest BCUT2D eigenvalue weighted by Gasteiger charge is 2.13. The Labute approximate surface area is 158 Å². The Hall–Kier alpha value is -1.75. The van der Waals surface area contributed by atoms with E-state index in [4.69, 9.17) is 32.7 Å². The van der Waals surface area contributed by atoms with Gasteiger partial charge in [-0.15, -0.1) is 0 Å². The summed E-state index contributed by atoms with van der Waals surface area (Å²) in [7, 11) is 0. The molecule has 4 nitrogen and oxygen atoms in total. The van der Waals surface area contributed by atoms with E-state index in [0.717, 1.165) is 11.1 Å². The van der Waals surface area contributed by atoms with Crippen LogP contribution in [0.5, 0.6) is 0 Å². The highest BCUT2D eigenvalue weighted by molar-refractivity contribution is 6.42. The van der Waals surface area contributed by atoms with E-state index < -0.39 is 6.09 Å². The van der Waals surface area contributed by atoms with Crippen molar-refractivity contribution < 1.29 is 14.3 Å². The second-order valence-electron chi connectivity index (χ2n) is 5.50. The van der Waals surface area contributed by atoms with Gasteiger partial charge in [0.2, 0.25) is 0 Å². The maximum absolute atomic E-state index is 11.9. The van der Waals surface area contributed by atoms with Gasteiger partial charge in [0.05, 0.1) is 23.3 Å². The number of ether oxygens (including phenoxy) is 2. The minimum absolute atomic E-state index is 0.290. The predicted octanol–water partition coefficient (Wildman–Crippen LogP) is 5.22. The van der Waals surface area contributed by atoms with E-state index in [9.17, 15) is 4.79 Å². The molecule has 0 aliphatic carbocycles. The van der Waals surface area contributed by atoms with Gasteiger partial charge in [-0.2, -0.15) is 0 Å². The highest BCUT2D eigenvalue weighted by Crippen LogP contribution is 2.26. The minimum atomic E-state index is -0.458. The van der Waals surface area contributed by atoms with Crippen LogP contribution in [0.15, 0.2) is 48.5 Å². The number of rotatable bonds is 8. The lowest BCUT2D eigenvalue weighted by Gasteiger charge is -2.17. The van der Waals surface area contributed by atoms with Crippen molar-refractivity contribution in [2.45, 2.75) is 32.6 Å². The molecule has 1 unspecified atom stereocenters. The average molecular weight is 382 g/mol. The number of nitrogens with one attached hydrogen (secondary N) is 1. The lowest BCUT2D eigenvalue weighted by molar-refractivity contribution is 0.0118. The third kappa shape index (κ3) is 6.58. The van der Waals surface area contributed by atoms with E-state index in [1.54, 1.807) is 6.07 Å². The number of benzene rings is 2. The van der Waals surface area contributed by atoms with Crippen LogP contribution in [0.1, 0.15) is 24.5 Å². The topological polar surface area (TPSA) is 47.6 Å². The zero-order valence-electron chi connectivity index (χ0n) is 14.0. The van der Waals surface area contributed by atoms with Crippen molar-refractivity contribution in [3.8, 4) is 0 Å². The largest absolute Gasteiger partial charge is 0.444 e. The quantitative estimate of drug-likeness (QED) is 0.681. The minimum Gasteiger partial charge on any atom is -0.444 e. The molecule has 2 rings (SSSR count). The number of carbonyl (C=O) groups excluding carboxylic acids is 1. The van der Waals surface area contributed by atoms with Gasteiger partial charge >= 0.3 is 6.09 Å². The molecule has 0 heterocycles.